The maximum atomic E-state index is 13.6. The van der Waals surface area contributed by atoms with Gasteiger partial charge in [-0.25, -0.2) is 0 Å². The van der Waals surface area contributed by atoms with Crippen molar-refractivity contribution in [3.05, 3.63) is 106 Å². The lowest BCUT2D eigenvalue weighted by Crippen LogP contribution is -2.59. The molecule has 2 aromatic carbocycles. The molecule has 0 spiro atoms. The molecular weight excluding hydrogens is 649 g/mol. The van der Waals surface area contributed by atoms with Gasteiger partial charge in [-0.05, 0) is 153 Å². The van der Waals surface area contributed by atoms with Crippen LogP contribution in [0.3, 0.4) is 0 Å². The minimum atomic E-state index is -0.622. The summed E-state index contributed by atoms with van der Waals surface area (Å²) in [5.41, 5.74) is 10.4. The van der Waals surface area contributed by atoms with Gasteiger partial charge in [-0.3, -0.25) is 29.4 Å². The maximum absolute atomic E-state index is 13.6. The number of piperidine rings is 1. The first-order chi connectivity index (χ1) is 25.1. The molecular formula is C43H50N6O3. The minimum absolute atomic E-state index is 0.203. The molecule has 4 aliphatic rings. The summed E-state index contributed by atoms with van der Waals surface area (Å²) < 4.78 is 0. The number of rotatable bonds is 11. The molecule has 270 valence electrons. The summed E-state index contributed by atoms with van der Waals surface area (Å²) in [6.45, 7) is 11.1. The number of hydrogen-bond donors (Lipinski definition) is 3. The van der Waals surface area contributed by atoms with Crippen LogP contribution in [0.25, 0.3) is 11.1 Å². The molecule has 2 aliphatic heterocycles. The predicted molar refractivity (Wildman–Crippen MR) is 205 cm³/mol. The molecule has 0 unspecified atom stereocenters. The number of hydrogen-bond acceptors (Lipinski definition) is 7. The van der Waals surface area contributed by atoms with E-state index in [-0.39, 0.29) is 11.8 Å². The highest BCUT2D eigenvalue weighted by molar-refractivity contribution is 6.05. The van der Waals surface area contributed by atoms with Gasteiger partial charge >= 0.3 is 0 Å². The fourth-order valence-electron chi connectivity index (χ4n) is 8.19. The van der Waals surface area contributed by atoms with Gasteiger partial charge in [0.2, 0.25) is 0 Å². The molecule has 2 saturated heterocycles. The number of carbonyl (C=O) groups is 2. The molecule has 2 amide bonds. The lowest BCUT2D eigenvalue weighted by Gasteiger charge is -2.44. The van der Waals surface area contributed by atoms with Crippen LogP contribution in [0.2, 0.25) is 0 Å². The molecule has 2 aromatic heterocycles. The fraction of sp³-hybridized carbons (Fsp3) is 0.442. The van der Waals surface area contributed by atoms with E-state index in [0.29, 0.717) is 36.3 Å². The van der Waals surface area contributed by atoms with Crippen molar-refractivity contribution in [1.29, 1.82) is 0 Å². The van der Waals surface area contributed by atoms with Crippen LogP contribution in [0.15, 0.2) is 60.9 Å². The summed E-state index contributed by atoms with van der Waals surface area (Å²) >= 11 is 0. The number of pyridine rings is 2. The van der Waals surface area contributed by atoms with Crippen molar-refractivity contribution in [1.82, 2.24) is 19.8 Å². The average molecular weight is 699 g/mol. The van der Waals surface area contributed by atoms with Gasteiger partial charge in [0.15, 0.2) is 0 Å². The summed E-state index contributed by atoms with van der Waals surface area (Å²) in [5.74, 6) is 0.552. The number of amides is 2. The number of nitrogens with one attached hydrogen (secondary N) is 2. The van der Waals surface area contributed by atoms with Gasteiger partial charge in [0.25, 0.3) is 11.8 Å². The third-order valence-electron chi connectivity index (χ3n) is 11.4. The summed E-state index contributed by atoms with van der Waals surface area (Å²) in [4.78, 5) is 41.2. The third-order valence-corrected chi connectivity index (χ3v) is 11.4. The average Bonchev–Trinajstić information content (AvgIpc) is 4.05. The Bertz CT molecular complexity index is 2000. The van der Waals surface area contributed by atoms with Crippen LogP contribution in [0, 0.1) is 13.8 Å². The van der Waals surface area contributed by atoms with Crippen molar-refractivity contribution in [2.75, 3.05) is 36.8 Å². The van der Waals surface area contributed by atoms with Crippen LogP contribution in [0.4, 0.5) is 11.4 Å². The number of anilines is 2. The Morgan fingerprint density at radius 2 is 1.19 bits per heavy atom. The number of aliphatic hydroxyl groups is 1. The molecule has 0 atom stereocenters. The lowest BCUT2D eigenvalue weighted by atomic mass is 9.94. The van der Waals surface area contributed by atoms with E-state index in [2.05, 4.69) is 42.5 Å². The molecule has 8 rings (SSSR count). The first-order valence-electron chi connectivity index (χ1n) is 19.1. The Morgan fingerprint density at radius 3 is 1.63 bits per heavy atom. The Balaban J connectivity index is 0.976. The molecule has 4 heterocycles. The molecule has 0 bridgehead atoms. The van der Waals surface area contributed by atoms with Crippen molar-refractivity contribution in [3.63, 3.8) is 0 Å². The normalized spacial score (nSPS) is 18.8. The molecule has 2 aliphatic carbocycles. The van der Waals surface area contributed by atoms with E-state index in [0.717, 1.165) is 78.2 Å². The fourth-order valence-corrected chi connectivity index (χ4v) is 8.19. The Kier molecular flexibility index (Phi) is 9.44. The van der Waals surface area contributed by atoms with Gasteiger partial charge in [-0.2, -0.15) is 0 Å². The van der Waals surface area contributed by atoms with Crippen LogP contribution >= 0.6 is 0 Å². The smallest absolute Gasteiger partial charge is 0.274 e. The highest BCUT2D eigenvalue weighted by Crippen LogP contribution is 2.43. The van der Waals surface area contributed by atoms with E-state index in [4.69, 9.17) is 0 Å². The SMILES string of the molecule is Cc1c(NC(=O)c2cc(C3CC3)c(CN3CCCCC3)cn2)cccc1-c1cccc(NC(=O)c2cc(C3CC3)c(CN3CC(C)(O)C3)cn2)c1C. The zero-order valence-corrected chi connectivity index (χ0v) is 30.7. The van der Waals surface area contributed by atoms with Crippen LogP contribution in [0.5, 0.6) is 0 Å². The Morgan fingerprint density at radius 1 is 0.731 bits per heavy atom. The van der Waals surface area contributed by atoms with E-state index in [1.54, 1.807) is 0 Å². The summed E-state index contributed by atoms with van der Waals surface area (Å²) in [6.07, 6.45) is 12.2. The largest absolute Gasteiger partial charge is 0.388 e. The molecule has 4 aromatic rings. The van der Waals surface area contributed by atoms with E-state index < -0.39 is 5.60 Å². The van der Waals surface area contributed by atoms with E-state index in [9.17, 15) is 14.7 Å². The number of likely N-dealkylation sites (tertiary alicyclic amines) is 2. The van der Waals surface area contributed by atoms with Crippen LogP contribution in [-0.2, 0) is 13.1 Å². The summed E-state index contributed by atoms with van der Waals surface area (Å²) in [7, 11) is 0. The highest BCUT2D eigenvalue weighted by atomic mass is 16.3. The van der Waals surface area contributed by atoms with Gasteiger partial charge in [-0.15, -0.1) is 0 Å². The maximum Gasteiger partial charge on any atom is 0.274 e. The number of nitrogens with zero attached hydrogens (tertiary/aromatic N) is 4. The van der Waals surface area contributed by atoms with Crippen molar-refractivity contribution < 1.29 is 14.7 Å². The second kappa shape index (κ2) is 14.2. The third kappa shape index (κ3) is 7.54. The second-order valence-electron chi connectivity index (χ2n) is 15.9. The van der Waals surface area contributed by atoms with Crippen LogP contribution in [0.1, 0.15) is 118 Å². The molecule has 9 nitrogen and oxygen atoms in total. The van der Waals surface area contributed by atoms with Gasteiger partial charge in [0.1, 0.15) is 11.4 Å². The zero-order valence-electron chi connectivity index (χ0n) is 30.7. The number of carbonyl (C=O) groups excluding carboxylic acids is 2. The Labute approximate surface area is 306 Å². The van der Waals surface area contributed by atoms with Crippen molar-refractivity contribution in [2.45, 2.75) is 96.2 Å². The highest BCUT2D eigenvalue weighted by Gasteiger charge is 2.37. The van der Waals surface area contributed by atoms with Crippen LogP contribution < -0.4 is 10.6 Å². The topological polar surface area (TPSA) is 111 Å². The van der Waals surface area contributed by atoms with E-state index in [1.807, 2.05) is 69.6 Å². The van der Waals surface area contributed by atoms with Crippen molar-refractivity contribution >= 4 is 23.2 Å². The molecule has 2 saturated carbocycles. The first-order valence-corrected chi connectivity index (χ1v) is 19.1. The van der Waals surface area contributed by atoms with E-state index in [1.165, 1.54) is 48.8 Å². The quantitative estimate of drug-likeness (QED) is 0.148. The van der Waals surface area contributed by atoms with Crippen molar-refractivity contribution in [2.24, 2.45) is 0 Å². The van der Waals surface area contributed by atoms with Gasteiger partial charge < -0.3 is 15.7 Å². The number of β-amino-alcohol motifs (C(OH)–C–C–N with tert-alkyl or cyclic N) is 1. The van der Waals surface area contributed by atoms with Gasteiger partial charge in [0.05, 0.1) is 5.60 Å². The molecule has 0 radical (unpaired) electrons. The first kappa shape index (κ1) is 34.6. The summed E-state index contributed by atoms with van der Waals surface area (Å²) in [5, 5.41) is 16.5. The number of benzene rings is 2. The summed E-state index contributed by atoms with van der Waals surface area (Å²) in [6, 6.07) is 15.8. The van der Waals surface area contributed by atoms with Gasteiger partial charge in [-0.1, -0.05) is 30.7 Å². The zero-order chi connectivity index (χ0) is 36.0. The van der Waals surface area contributed by atoms with Gasteiger partial charge in [0, 0.05) is 49.9 Å². The minimum Gasteiger partial charge on any atom is -0.388 e. The molecule has 4 fully saturated rings. The second-order valence-corrected chi connectivity index (χ2v) is 15.9. The van der Waals surface area contributed by atoms with Crippen LogP contribution in [-0.4, -0.2) is 68.5 Å². The molecule has 3 N–H and O–H groups in total. The Hall–Kier alpha value is -4.44. The number of aromatic nitrogens is 2. The van der Waals surface area contributed by atoms with Crippen molar-refractivity contribution in [3.8, 4) is 11.1 Å². The predicted octanol–water partition coefficient (Wildman–Crippen LogP) is 7.57. The lowest BCUT2D eigenvalue weighted by molar-refractivity contribution is -0.0872. The monoisotopic (exact) mass is 698 g/mol. The van der Waals surface area contributed by atoms with E-state index >= 15 is 0 Å². The standard InChI is InChI=1S/C43H50N6O3/c1-27-33(9-7-11-37(27)46-41(50)39-19-35(29-13-14-29)31(21-44-39)23-48-17-5-4-6-18-48)34-10-8-12-38(28(34)2)47-42(51)40-20-36(30-15-16-30)32(22-45-40)24-49-25-43(3,52)26-49/h7-12,19-22,29-30,52H,4-6,13-18,23-26H2,1-3H3,(H,46,50)(H,47,51). The molecule has 52 heavy (non-hydrogen) atoms. The molecule has 9 heteroatoms.